The highest BCUT2D eigenvalue weighted by atomic mass is 16.6. The maximum Gasteiger partial charge on any atom is 0.410 e. The molecule has 200 valence electrons. The van der Waals surface area contributed by atoms with E-state index in [2.05, 4.69) is 5.32 Å². The fourth-order valence-electron chi connectivity index (χ4n) is 5.06. The number of methoxy groups -OCH3 is 1. The van der Waals surface area contributed by atoms with Gasteiger partial charge in [0.25, 0.3) is 0 Å². The lowest BCUT2D eigenvalue weighted by atomic mass is 10.0. The van der Waals surface area contributed by atoms with Crippen LogP contribution in [-0.2, 0) is 36.9 Å². The highest BCUT2D eigenvalue weighted by Gasteiger charge is 2.44. The quantitative estimate of drug-likeness (QED) is 0.485. The van der Waals surface area contributed by atoms with Crippen molar-refractivity contribution in [1.29, 1.82) is 0 Å². The van der Waals surface area contributed by atoms with E-state index in [9.17, 15) is 19.2 Å². The van der Waals surface area contributed by atoms with Crippen molar-refractivity contribution in [3.63, 3.8) is 0 Å². The molecule has 0 saturated carbocycles. The van der Waals surface area contributed by atoms with Gasteiger partial charge < -0.3 is 24.4 Å². The first-order valence-electron chi connectivity index (χ1n) is 13.0. The Labute approximate surface area is 216 Å². The first-order valence-corrected chi connectivity index (χ1v) is 13.0. The van der Waals surface area contributed by atoms with E-state index >= 15 is 0 Å². The number of hydrogen-bond donors (Lipinski definition) is 1. The minimum atomic E-state index is -0.907. The second kappa shape index (κ2) is 12.1. The molecule has 1 saturated heterocycles. The first-order chi connectivity index (χ1) is 17.9. The summed E-state index contributed by atoms with van der Waals surface area (Å²) in [7, 11) is 1.26. The van der Waals surface area contributed by atoms with Crippen molar-refractivity contribution in [2.75, 3.05) is 20.3 Å². The van der Waals surface area contributed by atoms with Crippen LogP contribution in [0.25, 0.3) is 6.08 Å². The van der Waals surface area contributed by atoms with Crippen molar-refractivity contribution in [3.8, 4) is 0 Å². The van der Waals surface area contributed by atoms with Crippen molar-refractivity contribution in [2.24, 2.45) is 0 Å². The number of carbonyl (C=O) groups excluding carboxylic acids is 4. The Kier molecular flexibility index (Phi) is 8.68. The Morgan fingerprint density at radius 3 is 2.84 bits per heavy atom. The summed E-state index contributed by atoms with van der Waals surface area (Å²) in [4.78, 5) is 54.6. The molecule has 0 aliphatic carbocycles. The molecule has 0 spiro atoms. The number of unbranched alkanes of at least 4 members (excludes halogenated alkanes) is 1. The minimum absolute atomic E-state index is 0.0401. The number of rotatable bonds is 4. The SMILES string of the molecule is CCCC[C@@H]1NC(=O)OCCCC=Cc2cccc3c2CN(C3)C(=O)O[C@@H]2C[C@@H](C(=O)OC)N(C2)C1=O. The molecular weight excluding hydrogens is 478 g/mol. The molecule has 10 nitrogen and oxygen atoms in total. The number of nitrogens with zero attached hydrogens (tertiary/aromatic N) is 2. The number of amides is 3. The summed E-state index contributed by atoms with van der Waals surface area (Å²) < 4.78 is 16.0. The lowest BCUT2D eigenvalue weighted by Gasteiger charge is -2.27. The molecule has 1 N–H and O–H groups in total. The van der Waals surface area contributed by atoms with E-state index < -0.39 is 42.3 Å². The summed E-state index contributed by atoms with van der Waals surface area (Å²) in [6.45, 7) is 3.10. The molecule has 1 aromatic carbocycles. The fraction of sp³-hybridized carbons (Fsp3) is 0.556. The Morgan fingerprint density at radius 1 is 1.22 bits per heavy atom. The number of carbonyl (C=O) groups is 4. The molecule has 3 aliphatic rings. The molecule has 3 heterocycles. The van der Waals surface area contributed by atoms with Crippen LogP contribution in [0.15, 0.2) is 24.3 Å². The number of benzene rings is 1. The molecular formula is C27H35N3O7. The lowest BCUT2D eigenvalue weighted by molar-refractivity contribution is -0.151. The summed E-state index contributed by atoms with van der Waals surface area (Å²) in [5.41, 5.74) is 3.16. The summed E-state index contributed by atoms with van der Waals surface area (Å²) >= 11 is 0. The van der Waals surface area contributed by atoms with Gasteiger partial charge in [-0.3, -0.25) is 9.69 Å². The molecule has 0 radical (unpaired) electrons. The molecule has 10 heteroatoms. The number of cyclic esters (lactones) is 1. The predicted octanol–water partition coefficient (Wildman–Crippen LogP) is 3.37. The van der Waals surface area contributed by atoms with Gasteiger partial charge in [0.05, 0.1) is 26.8 Å². The molecule has 0 aromatic heterocycles. The van der Waals surface area contributed by atoms with Crippen molar-refractivity contribution >= 4 is 30.1 Å². The number of fused-ring (bicyclic) bond motifs is 3. The molecule has 1 fully saturated rings. The van der Waals surface area contributed by atoms with Crippen LogP contribution >= 0.6 is 0 Å². The van der Waals surface area contributed by atoms with E-state index in [1.807, 2.05) is 37.3 Å². The van der Waals surface area contributed by atoms with Crippen LogP contribution in [0.5, 0.6) is 0 Å². The topological polar surface area (TPSA) is 114 Å². The summed E-state index contributed by atoms with van der Waals surface area (Å²) in [5, 5.41) is 2.67. The molecule has 3 amide bonds. The third-order valence-electron chi connectivity index (χ3n) is 7.05. The first kappa shape index (κ1) is 26.5. The monoisotopic (exact) mass is 513 g/mol. The Balaban J connectivity index is 1.58. The van der Waals surface area contributed by atoms with Crippen LogP contribution < -0.4 is 5.32 Å². The van der Waals surface area contributed by atoms with Gasteiger partial charge in [-0.25, -0.2) is 14.4 Å². The number of ether oxygens (including phenoxy) is 3. The van der Waals surface area contributed by atoms with Crippen LogP contribution in [0.3, 0.4) is 0 Å². The third-order valence-corrected chi connectivity index (χ3v) is 7.05. The van der Waals surface area contributed by atoms with E-state index in [1.54, 1.807) is 4.90 Å². The predicted molar refractivity (Wildman–Crippen MR) is 134 cm³/mol. The van der Waals surface area contributed by atoms with Gasteiger partial charge in [-0.1, -0.05) is 50.1 Å². The standard InChI is InChI=1S/C27H35N3O7/c1-3-4-12-22-24(31)30-16-20(14-23(30)25(32)35-2)37-27(34)29-15-19-11-8-10-18(21(19)17-29)9-6-5-7-13-36-26(33)28-22/h6,8-11,20,22-23H,3-5,7,12-17H2,1-2H3,(H,28,33)/t20-,22+,23+/m1/s1. The van der Waals surface area contributed by atoms with Crippen LogP contribution in [0.2, 0.25) is 0 Å². The van der Waals surface area contributed by atoms with Gasteiger partial charge in [0, 0.05) is 13.0 Å². The second-order valence-corrected chi connectivity index (χ2v) is 9.63. The zero-order chi connectivity index (χ0) is 26.4. The molecule has 1 aromatic rings. The van der Waals surface area contributed by atoms with Crippen LogP contribution in [0.4, 0.5) is 9.59 Å². The van der Waals surface area contributed by atoms with Gasteiger partial charge in [-0.2, -0.15) is 0 Å². The molecule has 4 bridgehead atoms. The molecule has 37 heavy (non-hydrogen) atoms. The maximum atomic E-state index is 13.5. The van der Waals surface area contributed by atoms with Gasteiger partial charge in [0.15, 0.2) is 0 Å². The lowest BCUT2D eigenvalue weighted by Crippen LogP contribution is -2.52. The normalized spacial score (nSPS) is 24.5. The summed E-state index contributed by atoms with van der Waals surface area (Å²) in [6.07, 6.45) is 5.60. The van der Waals surface area contributed by atoms with E-state index in [0.717, 1.165) is 23.1 Å². The zero-order valence-electron chi connectivity index (χ0n) is 21.4. The van der Waals surface area contributed by atoms with Gasteiger partial charge in [-0.15, -0.1) is 0 Å². The number of esters is 1. The van der Waals surface area contributed by atoms with E-state index in [4.69, 9.17) is 14.2 Å². The number of hydrogen-bond acceptors (Lipinski definition) is 7. The largest absolute Gasteiger partial charge is 0.467 e. The van der Waals surface area contributed by atoms with E-state index in [0.29, 0.717) is 38.8 Å². The van der Waals surface area contributed by atoms with Gasteiger partial charge in [-0.05, 0) is 36.0 Å². The van der Waals surface area contributed by atoms with Crippen molar-refractivity contribution < 1.29 is 33.4 Å². The molecule has 3 atom stereocenters. The number of alkyl carbamates (subject to hydrolysis) is 1. The minimum Gasteiger partial charge on any atom is -0.467 e. The molecule has 0 unspecified atom stereocenters. The third kappa shape index (κ3) is 6.23. The highest BCUT2D eigenvalue weighted by Crippen LogP contribution is 2.29. The van der Waals surface area contributed by atoms with Crippen molar-refractivity contribution in [1.82, 2.24) is 15.1 Å². The number of nitrogens with one attached hydrogen (secondary N) is 1. The smallest absolute Gasteiger partial charge is 0.410 e. The van der Waals surface area contributed by atoms with Crippen LogP contribution in [0.1, 0.15) is 62.1 Å². The Morgan fingerprint density at radius 2 is 2.05 bits per heavy atom. The Hall–Kier alpha value is -3.56. The van der Waals surface area contributed by atoms with E-state index in [-0.39, 0.29) is 19.6 Å². The van der Waals surface area contributed by atoms with Gasteiger partial charge in [0.2, 0.25) is 5.91 Å². The van der Waals surface area contributed by atoms with E-state index in [1.165, 1.54) is 12.0 Å². The maximum absolute atomic E-state index is 13.5. The van der Waals surface area contributed by atoms with Crippen LogP contribution in [0, 0.1) is 0 Å². The van der Waals surface area contributed by atoms with Crippen molar-refractivity contribution in [2.45, 2.75) is 76.7 Å². The average Bonchev–Trinajstić information content (AvgIpc) is 3.52. The molecule has 3 aliphatic heterocycles. The Bertz CT molecular complexity index is 1060. The average molecular weight is 514 g/mol. The summed E-state index contributed by atoms with van der Waals surface area (Å²) in [6, 6.07) is 4.20. The zero-order valence-corrected chi connectivity index (χ0v) is 21.4. The van der Waals surface area contributed by atoms with Gasteiger partial charge >= 0.3 is 18.2 Å². The summed E-state index contributed by atoms with van der Waals surface area (Å²) in [5.74, 6) is -1.01. The van der Waals surface area contributed by atoms with Gasteiger partial charge in [0.1, 0.15) is 18.2 Å². The fourth-order valence-corrected chi connectivity index (χ4v) is 5.06. The van der Waals surface area contributed by atoms with Crippen LogP contribution in [-0.4, -0.2) is 72.3 Å². The molecule has 4 rings (SSSR count). The van der Waals surface area contributed by atoms with Crippen molar-refractivity contribution in [3.05, 3.63) is 41.0 Å². The second-order valence-electron chi connectivity index (χ2n) is 9.63. The highest BCUT2D eigenvalue weighted by molar-refractivity contribution is 5.90. The number of allylic oxidation sites excluding steroid dienone is 1.